The Bertz CT molecular complexity index is 178. The molecule has 0 saturated heterocycles. The van der Waals surface area contributed by atoms with Crippen molar-refractivity contribution >= 4 is 7.37 Å². The van der Waals surface area contributed by atoms with Crippen LogP contribution in [0.15, 0.2) is 23.8 Å². The van der Waals surface area contributed by atoms with Gasteiger partial charge in [-0.1, -0.05) is 12.2 Å². The van der Waals surface area contributed by atoms with E-state index in [2.05, 4.69) is 0 Å². The van der Waals surface area contributed by atoms with E-state index in [0.29, 0.717) is 6.61 Å². The fourth-order valence-electron chi connectivity index (χ4n) is 0.753. The highest BCUT2D eigenvalue weighted by atomic mass is 31.2. The number of hydrogen-bond acceptors (Lipinski definition) is 2. The van der Waals surface area contributed by atoms with Gasteiger partial charge in [-0.3, -0.25) is 4.57 Å². The molecular formula is C8H15O2P. The van der Waals surface area contributed by atoms with Gasteiger partial charge in [0.25, 0.3) is 0 Å². The maximum atomic E-state index is 11.6. The molecule has 0 amide bonds. The highest BCUT2D eigenvalue weighted by Gasteiger charge is 2.11. The monoisotopic (exact) mass is 174 g/mol. The minimum atomic E-state index is -2.58. The van der Waals surface area contributed by atoms with Crippen LogP contribution in [0.2, 0.25) is 0 Å². The van der Waals surface area contributed by atoms with Crippen molar-refractivity contribution in [3.8, 4) is 0 Å². The number of allylic oxidation sites excluding steroid dienone is 2. The molecule has 0 spiro atoms. The van der Waals surface area contributed by atoms with Crippen LogP contribution < -0.4 is 0 Å². The van der Waals surface area contributed by atoms with Crippen molar-refractivity contribution in [2.45, 2.75) is 20.8 Å². The highest BCUT2D eigenvalue weighted by molar-refractivity contribution is 7.65. The second kappa shape index (κ2) is 5.34. The average Bonchev–Trinajstić information content (AvgIpc) is 1.88. The zero-order chi connectivity index (χ0) is 8.74. The van der Waals surface area contributed by atoms with Crippen molar-refractivity contribution in [3.63, 3.8) is 0 Å². The molecule has 0 rings (SSSR count). The molecule has 0 radical (unpaired) electrons. The molecule has 0 aromatic heterocycles. The van der Waals surface area contributed by atoms with Crippen LogP contribution in [0.4, 0.5) is 0 Å². The molecule has 2 nitrogen and oxygen atoms in total. The summed E-state index contributed by atoms with van der Waals surface area (Å²) in [6, 6.07) is 0. The maximum Gasteiger partial charge on any atom is 0.246 e. The topological polar surface area (TPSA) is 26.3 Å². The Morgan fingerprint density at radius 2 is 1.73 bits per heavy atom. The predicted octanol–water partition coefficient (Wildman–Crippen LogP) is 3.37. The van der Waals surface area contributed by atoms with Crippen molar-refractivity contribution in [2.24, 2.45) is 0 Å². The lowest BCUT2D eigenvalue weighted by Gasteiger charge is -2.07. The van der Waals surface area contributed by atoms with Gasteiger partial charge in [-0.15, -0.1) is 0 Å². The van der Waals surface area contributed by atoms with Crippen molar-refractivity contribution in [1.82, 2.24) is 0 Å². The Hall–Kier alpha value is -0.330. The van der Waals surface area contributed by atoms with Crippen LogP contribution in [-0.4, -0.2) is 6.61 Å². The summed E-state index contributed by atoms with van der Waals surface area (Å²) in [7, 11) is -2.58. The van der Waals surface area contributed by atoms with Gasteiger partial charge in [-0.2, -0.15) is 0 Å². The van der Waals surface area contributed by atoms with Gasteiger partial charge in [0.05, 0.1) is 6.61 Å². The summed E-state index contributed by atoms with van der Waals surface area (Å²) < 4.78 is 16.7. The normalized spacial score (nSPS) is 13.4. The van der Waals surface area contributed by atoms with Crippen LogP contribution in [-0.2, 0) is 9.09 Å². The predicted molar refractivity (Wildman–Crippen MR) is 48.9 cm³/mol. The molecule has 64 valence electrons. The van der Waals surface area contributed by atoms with Gasteiger partial charge in [-0.05, 0) is 20.8 Å². The minimum absolute atomic E-state index is 0.478. The minimum Gasteiger partial charge on any atom is -0.323 e. The first kappa shape index (κ1) is 10.7. The van der Waals surface area contributed by atoms with Gasteiger partial charge in [0.1, 0.15) is 0 Å². The Kier molecular flexibility index (Phi) is 5.18. The summed E-state index contributed by atoms with van der Waals surface area (Å²) >= 11 is 0. The van der Waals surface area contributed by atoms with E-state index >= 15 is 0 Å². The molecule has 3 heteroatoms. The molecule has 0 aliphatic carbocycles. The Labute approximate surface area is 68.4 Å². The first-order valence-corrected chi connectivity index (χ1v) is 5.46. The van der Waals surface area contributed by atoms with Crippen molar-refractivity contribution in [2.75, 3.05) is 6.61 Å². The van der Waals surface area contributed by atoms with E-state index in [1.807, 2.05) is 20.8 Å². The second-order valence-electron chi connectivity index (χ2n) is 2.03. The summed E-state index contributed by atoms with van der Waals surface area (Å²) in [5, 5.41) is 0. The molecule has 0 bridgehead atoms. The third kappa shape index (κ3) is 4.18. The van der Waals surface area contributed by atoms with E-state index in [0.717, 1.165) is 0 Å². The smallest absolute Gasteiger partial charge is 0.246 e. The zero-order valence-electron chi connectivity index (χ0n) is 7.28. The van der Waals surface area contributed by atoms with Crippen LogP contribution in [0.1, 0.15) is 20.8 Å². The molecule has 0 heterocycles. The summed E-state index contributed by atoms with van der Waals surface area (Å²) in [4.78, 5) is 0. The van der Waals surface area contributed by atoms with E-state index in [4.69, 9.17) is 4.52 Å². The molecule has 0 aromatic rings. The van der Waals surface area contributed by atoms with E-state index in [-0.39, 0.29) is 0 Å². The van der Waals surface area contributed by atoms with Gasteiger partial charge < -0.3 is 4.52 Å². The van der Waals surface area contributed by atoms with Gasteiger partial charge in [0.15, 0.2) is 0 Å². The lowest BCUT2D eigenvalue weighted by molar-refractivity contribution is 0.346. The Balaban J connectivity index is 4.39. The van der Waals surface area contributed by atoms with E-state index < -0.39 is 7.37 Å². The van der Waals surface area contributed by atoms with Crippen LogP contribution in [0.5, 0.6) is 0 Å². The van der Waals surface area contributed by atoms with E-state index in [1.54, 1.807) is 23.8 Å². The molecule has 0 fully saturated rings. The summed E-state index contributed by atoms with van der Waals surface area (Å²) in [5.41, 5.74) is 0. The quantitative estimate of drug-likeness (QED) is 0.611. The molecule has 0 aliphatic rings. The van der Waals surface area contributed by atoms with Crippen LogP contribution in [0, 0.1) is 0 Å². The van der Waals surface area contributed by atoms with Crippen LogP contribution in [0.25, 0.3) is 0 Å². The zero-order valence-corrected chi connectivity index (χ0v) is 8.17. The lowest BCUT2D eigenvalue weighted by Crippen LogP contribution is -1.82. The fraction of sp³-hybridized carbons (Fsp3) is 0.500. The van der Waals surface area contributed by atoms with Gasteiger partial charge >= 0.3 is 0 Å². The van der Waals surface area contributed by atoms with E-state index in [1.165, 1.54) is 0 Å². The molecule has 0 saturated carbocycles. The largest absolute Gasteiger partial charge is 0.323 e. The molecule has 0 aromatic carbocycles. The molecule has 0 unspecified atom stereocenters. The summed E-state index contributed by atoms with van der Waals surface area (Å²) in [5.74, 6) is 3.22. The van der Waals surface area contributed by atoms with Crippen LogP contribution >= 0.6 is 7.37 Å². The molecule has 0 N–H and O–H groups in total. The SMILES string of the molecule is C/C=C\P(=O)(/C=C\C)OCC. The van der Waals surface area contributed by atoms with Gasteiger partial charge in [0, 0.05) is 11.6 Å². The summed E-state index contributed by atoms with van der Waals surface area (Å²) in [6.07, 6.45) is 3.49. The summed E-state index contributed by atoms with van der Waals surface area (Å²) in [6.45, 7) is 5.97. The molecule has 0 atom stereocenters. The molecule has 0 aliphatic heterocycles. The average molecular weight is 174 g/mol. The fourth-order valence-corrected chi connectivity index (χ4v) is 2.26. The van der Waals surface area contributed by atoms with Crippen molar-refractivity contribution in [1.29, 1.82) is 0 Å². The maximum absolute atomic E-state index is 11.6. The van der Waals surface area contributed by atoms with Gasteiger partial charge in [0.2, 0.25) is 7.37 Å². The van der Waals surface area contributed by atoms with Crippen LogP contribution in [0.3, 0.4) is 0 Å². The van der Waals surface area contributed by atoms with Gasteiger partial charge in [-0.25, -0.2) is 0 Å². The first-order chi connectivity index (χ1) is 5.18. The third-order valence-corrected chi connectivity index (χ3v) is 3.13. The lowest BCUT2D eigenvalue weighted by atomic mass is 10.8. The van der Waals surface area contributed by atoms with Crippen molar-refractivity contribution < 1.29 is 9.09 Å². The number of hydrogen-bond donors (Lipinski definition) is 0. The molecular weight excluding hydrogens is 159 g/mol. The Morgan fingerprint density at radius 1 is 1.27 bits per heavy atom. The number of rotatable bonds is 4. The molecule has 11 heavy (non-hydrogen) atoms. The second-order valence-corrected chi connectivity index (χ2v) is 4.17. The van der Waals surface area contributed by atoms with E-state index in [9.17, 15) is 4.57 Å². The van der Waals surface area contributed by atoms with Crippen molar-refractivity contribution in [3.05, 3.63) is 23.8 Å². The highest BCUT2D eigenvalue weighted by Crippen LogP contribution is 2.49. The third-order valence-electron chi connectivity index (χ3n) is 1.04. The standard InChI is InChI=1S/C8H15O2P/c1-4-7-11(9,8-5-2)10-6-3/h4-5,7-8H,6H2,1-3H3/b7-4-,8-5-. The Morgan fingerprint density at radius 3 is 2.00 bits per heavy atom. The first-order valence-electron chi connectivity index (χ1n) is 3.70.